The number of hydrogen-bond acceptors (Lipinski definition) is 3. The molecule has 0 spiro atoms. The lowest BCUT2D eigenvalue weighted by atomic mass is 9.67. The molecule has 4 nitrogen and oxygen atoms in total. The Hall–Kier alpha value is -1.85. The van der Waals surface area contributed by atoms with E-state index in [1.807, 2.05) is 25.1 Å². The van der Waals surface area contributed by atoms with Crippen LogP contribution in [0.4, 0.5) is 5.69 Å². The fraction of sp³-hybridized carbons (Fsp3) is 0.520. The Morgan fingerprint density at radius 1 is 1.10 bits per heavy atom. The molecule has 164 valence electrons. The summed E-state index contributed by atoms with van der Waals surface area (Å²) in [5.41, 5.74) is 3.24. The summed E-state index contributed by atoms with van der Waals surface area (Å²) in [6.07, 6.45) is 3.93. The van der Waals surface area contributed by atoms with Crippen LogP contribution in [0.25, 0.3) is 0 Å². The van der Waals surface area contributed by atoms with Crippen LogP contribution < -0.4 is 4.72 Å². The second-order valence-electron chi connectivity index (χ2n) is 8.92. The number of benzene rings is 2. The molecule has 1 aliphatic rings. The number of aryl methyl sites for hydroxylation is 1. The topological polar surface area (TPSA) is 49.4 Å². The van der Waals surface area contributed by atoms with Crippen molar-refractivity contribution in [3.63, 3.8) is 0 Å². The van der Waals surface area contributed by atoms with E-state index in [-0.39, 0.29) is 11.2 Å². The van der Waals surface area contributed by atoms with E-state index >= 15 is 0 Å². The summed E-state index contributed by atoms with van der Waals surface area (Å²) in [7, 11) is -3.30. The fourth-order valence-corrected chi connectivity index (χ4v) is 5.78. The summed E-state index contributed by atoms with van der Waals surface area (Å²) < 4.78 is 27.6. The lowest BCUT2D eigenvalue weighted by molar-refractivity contribution is 0.111. The van der Waals surface area contributed by atoms with Gasteiger partial charge in [0.2, 0.25) is 10.0 Å². The van der Waals surface area contributed by atoms with Crippen molar-refractivity contribution in [2.45, 2.75) is 51.9 Å². The highest BCUT2D eigenvalue weighted by Crippen LogP contribution is 2.42. The van der Waals surface area contributed by atoms with Gasteiger partial charge >= 0.3 is 0 Å². The third kappa shape index (κ3) is 5.64. The first-order valence-electron chi connectivity index (χ1n) is 11.2. The third-order valence-corrected chi connectivity index (χ3v) is 8.11. The van der Waals surface area contributed by atoms with Crippen molar-refractivity contribution in [1.29, 1.82) is 0 Å². The van der Waals surface area contributed by atoms with E-state index in [4.69, 9.17) is 0 Å². The van der Waals surface area contributed by atoms with Crippen LogP contribution in [0.5, 0.6) is 0 Å². The third-order valence-electron chi connectivity index (χ3n) is 6.63. The molecule has 30 heavy (non-hydrogen) atoms. The van der Waals surface area contributed by atoms with Gasteiger partial charge in [-0.05, 0) is 67.3 Å². The van der Waals surface area contributed by atoms with E-state index in [0.29, 0.717) is 12.3 Å². The molecule has 2 unspecified atom stereocenters. The van der Waals surface area contributed by atoms with Crippen molar-refractivity contribution in [1.82, 2.24) is 4.90 Å². The van der Waals surface area contributed by atoms with E-state index < -0.39 is 10.0 Å². The van der Waals surface area contributed by atoms with E-state index in [1.54, 1.807) is 0 Å². The van der Waals surface area contributed by atoms with Gasteiger partial charge in [-0.3, -0.25) is 4.72 Å². The van der Waals surface area contributed by atoms with Crippen molar-refractivity contribution in [3.8, 4) is 0 Å². The number of nitrogens with one attached hydrogen (secondary N) is 1. The minimum atomic E-state index is -3.30. The molecular weight excluding hydrogens is 392 g/mol. The summed E-state index contributed by atoms with van der Waals surface area (Å²) >= 11 is 0. The molecular formula is C25H36N2O2S. The van der Waals surface area contributed by atoms with Gasteiger partial charge in [-0.2, -0.15) is 0 Å². The van der Waals surface area contributed by atoms with Gasteiger partial charge in [-0.25, -0.2) is 8.42 Å². The predicted molar refractivity (Wildman–Crippen MR) is 126 cm³/mol. The van der Waals surface area contributed by atoms with Crippen LogP contribution in [-0.2, 0) is 21.9 Å². The summed E-state index contributed by atoms with van der Waals surface area (Å²) in [6.45, 7) is 9.70. The van der Waals surface area contributed by atoms with Crippen LogP contribution in [0.1, 0.15) is 51.2 Å². The molecule has 0 amide bonds. The van der Waals surface area contributed by atoms with Gasteiger partial charge in [0.1, 0.15) is 0 Å². The zero-order valence-corrected chi connectivity index (χ0v) is 19.4. The van der Waals surface area contributed by atoms with Gasteiger partial charge in [0.05, 0.1) is 11.4 Å². The Balaban J connectivity index is 1.65. The molecule has 1 N–H and O–H groups in total. The van der Waals surface area contributed by atoms with E-state index in [9.17, 15) is 8.42 Å². The second kappa shape index (κ2) is 9.97. The smallest absolute Gasteiger partial charge is 0.232 e. The summed E-state index contributed by atoms with van der Waals surface area (Å²) in [6, 6.07) is 18.6. The highest BCUT2D eigenvalue weighted by Gasteiger charge is 2.39. The number of nitrogens with zero attached hydrogens (tertiary/aromatic N) is 1. The van der Waals surface area contributed by atoms with Crippen LogP contribution in [0.2, 0.25) is 0 Å². The van der Waals surface area contributed by atoms with Crippen LogP contribution in [-0.4, -0.2) is 38.7 Å². The first-order valence-corrected chi connectivity index (χ1v) is 12.9. The number of sulfonamides is 1. The fourth-order valence-electron chi connectivity index (χ4n) is 4.63. The number of hydrogen-bond donors (Lipinski definition) is 1. The Labute approximate surface area is 182 Å². The molecule has 2 aromatic carbocycles. The number of likely N-dealkylation sites (tertiary alicyclic amines) is 1. The lowest BCUT2D eigenvalue weighted by Gasteiger charge is -2.45. The standard InChI is InChI=1S/C25H36N2O2S/c1-4-19-30(28,29)26-24-15-9-8-14-23(24)25(3)16-18-27(20-21(25)2)17-10-13-22-11-6-5-7-12-22/h5-9,11-12,14-15,21,26H,4,10,13,16-20H2,1-3H3. The SMILES string of the molecule is CCCS(=O)(=O)Nc1ccccc1C1(C)CCN(CCCc2ccccc2)CC1C. The summed E-state index contributed by atoms with van der Waals surface area (Å²) in [5, 5.41) is 0. The van der Waals surface area contributed by atoms with Gasteiger partial charge in [0, 0.05) is 6.54 Å². The normalized spacial score (nSPS) is 22.7. The molecule has 2 aromatic rings. The minimum Gasteiger partial charge on any atom is -0.303 e. The summed E-state index contributed by atoms with van der Waals surface area (Å²) in [4.78, 5) is 2.57. The number of para-hydroxylation sites is 1. The van der Waals surface area contributed by atoms with Gasteiger partial charge in [0.15, 0.2) is 0 Å². The maximum atomic E-state index is 12.4. The average molecular weight is 429 g/mol. The first-order chi connectivity index (χ1) is 14.3. The molecule has 0 aromatic heterocycles. The van der Waals surface area contributed by atoms with Crippen molar-refractivity contribution in [2.24, 2.45) is 5.92 Å². The van der Waals surface area contributed by atoms with E-state index in [2.05, 4.69) is 59.9 Å². The Morgan fingerprint density at radius 2 is 1.80 bits per heavy atom. The zero-order valence-electron chi connectivity index (χ0n) is 18.6. The largest absolute Gasteiger partial charge is 0.303 e. The van der Waals surface area contributed by atoms with Gasteiger partial charge < -0.3 is 4.90 Å². The Bertz CT molecular complexity index is 914. The Kier molecular flexibility index (Phi) is 7.59. The molecule has 1 fully saturated rings. The molecule has 2 atom stereocenters. The molecule has 0 radical (unpaired) electrons. The van der Waals surface area contributed by atoms with Crippen LogP contribution in [0.15, 0.2) is 54.6 Å². The van der Waals surface area contributed by atoms with Crippen molar-refractivity contribution >= 4 is 15.7 Å². The van der Waals surface area contributed by atoms with Crippen LogP contribution in [0, 0.1) is 5.92 Å². The molecule has 1 heterocycles. The number of piperidine rings is 1. The predicted octanol–water partition coefficient (Wildman–Crippen LogP) is 5.07. The van der Waals surface area contributed by atoms with E-state index in [0.717, 1.165) is 43.7 Å². The molecule has 1 aliphatic heterocycles. The first kappa shape index (κ1) is 22.8. The minimum absolute atomic E-state index is 0.0404. The maximum Gasteiger partial charge on any atom is 0.232 e. The summed E-state index contributed by atoms with van der Waals surface area (Å²) in [5.74, 6) is 0.600. The van der Waals surface area contributed by atoms with E-state index in [1.165, 1.54) is 12.0 Å². The van der Waals surface area contributed by atoms with Gasteiger partial charge in [-0.15, -0.1) is 0 Å². The molecule has 0 bridgehead atoms. The maximum absolute atomic E-state index is 12.4. The molecule has 1 saturated heterocycles. The molecule has 3 rings (SSSR count). The van der Waals surface area contributed by atoms with Crippen molar-refractivity contribution < 1.29 is 8.42 Å². The number of rotatable bonds is 9. The average Bonchev–Trinajstić information content (AvgIpc) is 2.71. The lowest BCUT2D eigenvalue weighted by Crippen LogP contribution is -2.47. The van der Waals surface area contributed by atoms with Crippen LogP contribution >= 0.6 is 0 Å². The quantitative estimate of drug-likeness (QED) is 0.607. The van der Waals surface area contributed by atoms with Gasteiger partial charge in [-0.1, -0.05) is 69.3 Å². The number of anilines is 1. The van der Waals surface area contributed by atoms with Crippen molar-refractivity contribution in [2.75, 3.05) is 30.1 Å². The highest BCUT2D eigenvalue weighted by molar-refractivity contribution is 7.92. The van der Waals surface area contributed by atoms with Crippen molar-refractivity contribution in [3.05, 3.63) is 65.7 Å². The zero-order chi connectivity index (χ0) is 21.6. The highest BCUT2D eigenvalue weighted by atomic mass is 32.2. The van der Waals surface area contributed by atoms with Gasteiger partial charge in [0.25, 0.3) is 0 Å². The molecule has 0 aliphatic carbocycles. The molecule has 5 heteroatoms. The Morgan fingerprint density at radius 3 is 2.50 bits per heavy atom. The second-order valence-corrected chi connectivity index (χ2v) is 10.8. The monoisotopic (exact) mass is 428 g/mol. The molecule has 0 saturated carbocycles. The van der Waals surface area contributed by atoms with Crippen LogP contribution in [0.3, 0.4) is 0 Å².